The molecule has 236 valence electrons. The van der Waals surface area contributed by atoms with Crippen LogP contribution in [0.4, 0.5) is 15.0 Å². The highest BCUT2D eigenvalue weighted by Gasteiger charge is 2.55. The number of rotatable bonds is 5. The smallest absolute Gasteiger partial charge is 0.410 e. The zero-order valence-electron chi connectivity index (χ0n) is 26.2. The second-order valence-electron chi connectivity index (χ2n) is 13.5. The molecule has 3 aromatic heterocycles. The van der Waals surface area contributed by atoms with Crippen molar-refractivity contribution in [2.75, 3.05) is 18.8 Å². The van der Waals surface area contributed by atoms with Gasteiger partial charge in [-0.25, -0.2) is 28.8 Å². The standard InChI is InChI=1S/C34H35FN8O3/c1-33(2,3)46-32(45)42-17-34(18-42)14-22(15-34)43-30-27(29(36)38-19-39-30)28(40-43)23-11-10-21(13-25(23)35)24-16-37-26(41(4)31(24)44)12-20-8-6-5-7-9-20/h5-11,13,16,19,22H,12,14-15,17-18H2,1-4H3,(H2,36,38,39). The summed E-state index contributed by atoms with van der Waals surface area (Å²) in [6.45, 7) is 6.81. The number of nitrogens with two attached hydrogens (primary N) is 1. The number of fused-ring (bicyclic) bond motifs is 1. The van der Waals surface area contributed by atoms with Crippen LogP contribution in [0, 0.1) is 11.2 Å². The third-order valence-corrected chi connectivity index (χ3v) is 8.91. The van der Waals surface area contributed by atoms with Gasteiger partial charge < -0.3 is 15.4 Å². The van der Waals surface area contributed by atoms with E-state index in [1.165, 1.54) is 23.2 Å². The highest BCUT2D eigenvalue weighted by Crippen LogP contribution is 2.55. The van der Waals surface area contributed by atoms with E-state index in [0.29, 0.717) is 53.2 Å². The number of nitrogens with zero attached hydrogens (tertiary/aromatic N) is 7. The number of amides is 1. The minimum atomic E-state index is -0.556. The van der Waals surface area contributed by atoms with Gasteiger partial charge in [0.15, 0.2) is 5.65 Å². The molecule has 4 heterocycles. The first-order valence-electron chi connectivity index (χ1n) is 15.3. The lowest BCUT2D eigenvalue weighted by Gasteiger charge is -2.58. The molecule has 12 heteroatoms. The van der Waals surface area contributed by atoms with Crippen molar-refractivity contribution in [3.8, 4) is 22.4 Å². The number of carbonyl (C=O) groups is 1. The van der Waals surface area contributed by atoms with Crippen molar-refractivity contribution >= 4 is 22.9 Å². The van der Waals surface area contributed by atoms with Gasteiger partial charge in [0.25, 0.3) is 5.56 Å². The van der Waals surface area contributed by atoms with Crippen LogP contribution < -0.4 is 11.3 Å². The maximum Gasteiger partial charge on any atom is 0.410 e. The average Bonchev–Trinajstić information content (AvgIpc) is 3.34. The van der Waals surface area contributed by atoms with Crippen molar-refractivity contribution in [1.29, 1.82) is 0 Å². The van der Waals surface area contributed by atoms with Crippen LogP contribution in [-0.2, 0) is 18.2 Å². The molecule has 7 rings (SSSR count). The summed E-state index contributed by atoms with van der Waals surface area (Å²) in [6.07, 6.45) is 4.68. The number of anilines is 1. The van der Waals surface area contributed by atoms with Crippen LogP contribution in [0.3, 0.4) is 0 Å². The molecular formula is C34H35FN8O3. The summed E-state index contributed by atoms with van der Waals surface area (Å²) in [4.78, 5) is 40.6. The molecule has 1 spiro atoms. The van der Waals surface area contributed by atoms with E-state index >= 15 is 4.39 Å². The topological polar surface area (TPSA) is 134 Å². The minimum absolute atomic E-state index is 0.00232. The molecule has 2 aromatic carbocycles. The second kappa shape index (κ2) is 10.7. The minimum Gasteiger partial charge on any atom is -0.444 e. The van der Waals surface area contributed by atoms with Crippen LogP contribution in [0.5, 0.6) is 0 Å². The van der Waals surface area contributed by atoms with Gasteiger partial charge in [-0.1, -0.05) is 36.4 Å². The number of nitrogen functional groups attached to an aromatic ring is 1. The van der Waals surface area contributed by atoms with Crippen LogP contribution >= 0.6 is 0 Å². The molecule has 5 aromatic rings. The van der Waals surface area contributed by atoms with Gasteiger partial charge in [-0.3, -0.25) is 9.36 Å². The number of halogens is 1. The van der Waals surface area contributed by atoms with Gasteiger partial charge in [0, 0.05) is 43.7 Å². The van der Waals surface area contributed by atoms with E-state index in [2.05, 4.69) is 15.0 Å². The molecule has 0 unspecified atom stereocenters. The molecule has 2 aliphatic rings. The van der Waals surface area contributed by atoms with Crippen LogP contribution in [0.25, 0.3) is 33.4 Å². The van der Waals surface area contributed by atoms with Gasteiger partial charge in [-0.05, 0) is 56.9 Å². The van der Waals surface area contributed by atoms with Crippen LogP contribution in [-0.4, -0.2) is 59.0 Å². The largest absolute Gasteiger partial charge is 0.444 e. The summed E-state index contributed by atoms with van der Waals surface area (Å²) in [6, 6.07) is 14.4. The number of likely N-dealkylation sites (tertiary alicyclic amines) is 1. The molecule has 1 saturated heterocycles. The molecule has 11 nitrogen and oxygen atoms in total. The summed E-state index contributed by atoms with van der Waals surface area (Å²) in [5.74, 6) is 0.261. The predicted octanol–water partition coefficient (Wildman–Crippen LogP) is 5.14. The molecule has 1 amide bonds. The van der Waals surface area contributed by atoms with E-state index in [-0.39, 0.29) is 34.5 Å². The molecule has 0 radical (unpaired) electrons. The van der Waals surface area contributed by atoms with Crippen LogP contribution in [0.2, 0.25) is 0 Å². The van der Waals surface area contributed by atoms with Crippen LogP contribution in [0.1, 0.15) is 51.0 Å². The first kappa shape index (κ1) is 29.6. The van der Waals surface area contributed by atoms with E-state index in [9.17, 15) is 9.59 Å². The lowest BCUT2D eigenvalue weighted by Crippen LogP contribution is -2.64. The highest BCUT2D eigenvalue weighted by molar-refractivity contribution is 5.98. The molecule has 1 aliphatic carbocycles. The fourth-order valence-corrected chi connectivity index (χ4v) is 6.62. The summed E-state index contributed by atoms with van der Waals surface area (Å²) < 4.78 is 24.7. The van der Waals surface area contributed by atoms with E-state index < -0.39 is 11.4 Å². The third kappa shape index (κ3) is 5.17. The Morgan fingerprint density at radius 2 is 1.80 bits per heavy atom. The lowest BCUT2D eigenvalue weighted by molar-refractivity contribution is -0.0920. The Hall–Kier alpha value is -5.13. The molecular weight excluding hydrogens is 587 g/mol. The van der Waals surface area contributed by atoms with Gasteiger partial charge in [0.2, 0.25) is 0 Å². The summed E-state index contributed by atoms with van der Waals surface area (Å²) in [5, 5.41) is 5.30. The normalized spacial score (nSPS) is 16.0. The number of hydrogen-bond donors (Lipinski definition) is 1. The fourth-order valence-electron chi connectivity index (χ4n) is 6.62. The molecule has 1 saturated carbocycles. The average molecular weight is 623 g/mol. The van der Waals surface area contributed by atoms with Gasteiger partial charge in [-0.2, -0.15) is 5.10 Å². The summed E-state index contributed by atoms with van der Waals surface area (Å²) >= 11 is 0. The number of carbonyl (C=O) groups excluding carboxylic acids is 1. The van der Waals surface area contributed by atoms with Gasteiger partial charge in [0.05, 0.1) is 17.0 Å². The quantitative estimate of drug-likeness (QED) is 0.285. The van der Waals surface area contributed by atoms with E-state index in [1.54, 1.807) is 24.1 Å². The Morgan fingerprint density at radius 3 is 2.50 bits per heavy atom. The number of benzene rings is 2. The van der Waals surface area contributed by atoms with E-state index in [1.807, 2.05) is 55.8 Å². The van der Waals surface area contributed by atoms with E-state index in [4.69, 9.17) is 15.6 Å². The first-order valence-corrected chi connectivity index (χ1v) is 15.3. The molecule has 2 N–H and O–H groups in total. The zero-order valence-corrected chi connectivity index (χ0v) is 26.2. The monoisotopic (exact) mass is 622 g/mol. The number of hydrogen-bond acceptors (Lipinski definition) is 8. The molecule has 2 fully saturated rings. The summed E-state index contributed by atoms with van der Waals surface area (Å²) in [5.41, 5.74) is 8.34. The Bertz CT molecular complexity index is 2040. The van der Waals surface area contributed by atoms with Gasteiger partial charge in [0.1, 0.15) is 35.1 Å². The van der Waals surface area contributed by atoms with Crippen LogP contribution in [0.15, 0.2) is 65.8 Å². The Kier molecular flexibility index (Phi) is 6.91. The second-order valence-corrected chi connectivity index (χ2v) is 13.5. The number of aromatic nitrogens is 6. The van der Waals surface area contributed by atoms with Gasteiger partial charge in [-0.15, -0.1) is 0 Å². The molecule has 1 aliphatic heterocycles. The van der Waals surface area contributed by atoms with Crippen molar-refractivity contribution in [3.05, 3.63) is 88.6 Å². The van der Waals surface area contributed by atoms with Crippen molar-refractivity contribution < 1.29 is 13.9 Å². The maximum atomic E-state index is 15.9. The Morgan fingerprint density at radius 1 is 1.07 bits per heavy atom. The van der Waals surface area contributed by atoms with Crippen molar-refractivity contribution in [3.63, 3.8) is 0 Å². The molecule has 0 bridgehead atoms. The van der Waals surface area contributed by atoms with E-state index in [0.717, 1.165) is 18.4 Å². The van der Waals surface area contributed by atoms with Crippen molar-refractivity contribution in [1.82, 2.24) is 34.2 Å². The van der Waals surface area contributed by atoms with Crippen molar-refractivity contribution in [2.24, 2.45) is 12.5 Å². The maximum absolute atomic E-state index is 15.9. The van der Waals surface area contributed by atoms with Gasteiger partial charge >= 0.3 is 6.09 Å². The first-order chi connectivity index (χ1) is 21.9. The molecule has 0 atom stereocenters. The third-order valence-electron chi connectivity index (χ3n) is 8.91. The fraction of sp³-hybridized carbons (Fsp3) is 0.353. The van der Waals surface area contributed by atoms with Crippen molar-refractivity contribution in [2.45, 2.75) is 51.7 Å². The lowest BCUT2D eigenvalue weighted by atomic mass is 9.61. The predicted molar refractivity (Wildman–Crippen MR) is 171 cm³/mol. The molecule has 46 heavy (non-hydrogen) atoms. The SMILES string of the molecule is Cn1c(Cc2ccccc2)ncc(-c2ccc(-c3nn(C4CC5(C4)CN(C(=O)OC(C)(C)C)C5)c4ncnc(N)c34)c(F)c2)c1=O. The summed E-state index contributed by atoms with van der Waals surface area (Å²) in [7, 11) is 1.67. The Balaban J connectivity index is 1.14. The highest BCUT2D eigenvalue weighted by atomic mass is 19.1. The Labute approximate surface area is 264 Å². The zero-order chi connectivity index (χ0) is 32.4. The number of ether oxygens (including phenoxy) is 1.